The van der Waals surface area contributed by atoms with Crippen LogP contribution in [0.1, 0.15) is 10.5 Å². The van der Waals surface area contributed by atoms with Gasteiger partial charge in [0.15, 0.2) is 11.5 Å². The number of anilines is 3. The van der Waals surface area contributed by atoms with Crippen molar-refractivity contribution in [2.75, 3.05) is 29.6 Å². The van der Waals surface area contributed by atoms with E-state index >= 15 is 0 Å². The second kappa shape index (κ2) is 7.28. The summed E-state index contributed by atoms with van der Waals surface area (Å²) in [5.41, 5.74) is 0.508. The van der Waals surface area contributed by atoms with Crippen LogP contribution in [0.15, 0.2) is 47.8 Å². The quantitative estimate of drug-likeness (QED) is 0.639. The highest BCUT2D eigenvalue weighted by molar-refractivity contribution is 7.14. The topological polar surface area (TPSA) is 99.5 Å². The van der Waals surface area contributed by atoms with Gasteiger partial charge in [0.1, 0.15) is 0 Å². The number of carbonyl (C=O) groups is 2. The van der Waals surface area contributed by atoms with Gasteiger partial charge in [-0.25, -0.2) is 9.59 Å². The molecular weight excluding hydrogens is 354 g/mol. The number of carboxylic acid groups (broad SMARTS) is 1. The number of para-hydroxylation sites is 1. The standard InChI is InChI=1S/C17H17N5O3S/c1-21(2)17-20-14(19-16(25)18-12-9-6-10-26-12)13(15(23)24)22(17)11-7-4-3-5-8-11/h3-10H,1-2H3,(H,23,24)(H2,18,19,25). The highest BCUT2D eigenvalue weighted by Crippen LogP contribution is 2.27. The summed E-state index contributed by atoms with van der Waals surface area (Å²) >= 11 is 1.36. The molecule has 2 heterocycles. The lowest BCUT2D eigenvalue weighted by atomic mass is 10.3. The number of hydrogen-bond donors (Lipinski definition) is 3. The van der Waals surface area contributed by atoms with Crippen LogP contribution in [0.3, 0.4) is 0 Å². The molecule has 0 atom stereocenters. The minimum Gasteiger partial charge on any atom is -0.476 e. The largest absolute Gasteiger partial charge is 0.476 e. The first kappa shape index (κ1) is 17.5. The third-order valence-electron chi connectivity index (χ3n) is 3.47. The fourth-order valence-corrected chi connectivity index (χ4v) is 3.03. The first-order chi connectivity index (χ1) is 12.5. The lowest BCUT2D eigenvalue weighted by Crippen LogP contribution is -2.21. The highest BCUT2D eigenvalue weighted by atomic mass is 32.1. The Hall–Kier alpha value is -3.33. The van der Waals surface area contributed by atoms with E-state index in [0.717, 1.165) is 0 Å². The van der Waals surface area contributed by atoms with Crippen LogP contribution in [0.5, 0.6) is 0 Å². The Labute approximate surface area is 153 Å². The second-order valence-corrected chi connectivity index (χ2v) is 6.48. The Morgan fingerprint density at radius 3 is 2.42 bits per heavy atom. The predicted octanol–water partition coefficient (Wildman–Crippen LogP) is 3.34. The number of nitrogens with zero attached hydrogens (tertiary/aromatic N) is 3. The average Bonchev–Trinajstić information content (AvgIpc) is 3.23. The molecule has 2 aromatic heterocycles. The zero-order valence-corrected chi connectivity index (χ0v) is 14.9. The van der Waals surface area contributed by atoms with Gasteiger partial charge in [-0.1, -0.05) is 18.2 Å². The van der Waals surface area contributed by atoms with Crippen molar-refractivity contribution in [3.63, 3.8) is 0 Å². The van der Waals surface area contributed by atoms with Crippen molar-refractivity contribution >= 4 is 40.1 Å². The maximum Gasteiger partial charge on any atom is 0.356 e. The van der Waals surface area contributed by atoms with Gasteiger partial charge in [0.2, 0.25) is 5.95 Å². The van der Waals surface area contributed by atoms with E-state index in [-0.39, 0.29) is 11.5 Å². The number of aromatic carboxylic acids is 1. The molecular formula is C17H17N5O3S. The minimum absolute atomic E-state index is 0.0286. The maximum atomic E-state index is 12.2. The van der Waals surface area contributed by atoms with E-state index in [0.29, 0.717) is 16.6 Å². The predicted molar refractivity (Wildman–Crippen MR) is 102 cm³/mol. The van der Waals surface area contributed by atoms with Gasteiger partial charge in [-0.2, -0.15) is 4.98 Å². The number of hydrogen-bond acceptors (Lipinski definition) is 5. The molecule has 0 saturated carbocycles. The molecule has 8 nitrogen and oxygen atoms in total. The van der Waals surface area contributed by atoms with E-state index in [1.54, 1.807) is 55.4 Å². The van der Waals surface area contributed by atoms with Gasteiger partial charge in [0.05, 0.1) is 5.00 Å². The number of thiophene rings is 1. The van der Waals surface area contributed by atoms with Gasteiger partial charge >= 0.3 is 12.0 Å². The van der Waals surface area contributed by atoms with Crippen molar-refractivity contribution in [1.29, 1.82) is 0 Å². The Morgan fingerprint density at radius 2 is 1.85 bits per heavy atom. The number of benzene rings is 1. The van der Waals surface area contributed by atoms with Crippen LogP contribution in [0, 0.1) is 0 Å². The molecule has 3 aromatic rings. The molecule has 0 saturated heterocycles. The molecule has 1 aromatic carbocycles. The first-order valence-corrected chi connectivity index (χ1v) is 8.55. The van der Waals surface area contributed by atoms with Crippen molar-refractivity contribution < 1.29 is 14.7 Å². The molecule has 134 valence electrons. The van der Waals surface area contributed by atoms with Crippen molar-refractivity contribution in [2.45, 2.75) is 0 Å². The van der Waals surface area contributed by atoms with Crippen LogP contribution in [0.25, 0.3) is 5.69 Å². The second-order valence-electron chi connectivity index (χ2n) is 5.54. The van der Waals surface area contributed by atoms with Crippen molar-refractivity contribution in [3.8, 4) is 5.69 Å². The average molecular weight is 371 g/mol. The summed E-state index contributed by atoms with van der Waals surface area (Å²) in [5.74, 6) is -0.833. The van der Waals surface area contributed by atoms with Crippen LogP contribution < -0.4 is 15.5 Å². The number of carboxylic acids is 1. The maximum absolute atomic E-state index is 12.2. The fourth-order valence-electron chi connectivity index (χ4n) is 2.41. The van der Waals surface area contributed by atoms with Crippen molar-refractivity contribution in [3.05, 3.63) is 53.5 Å². The van der Waals surface area contributed by atoms with E-state index in [4.69, 9.17) is 0 Å². The van der Waals surface area contributed by atoms with E-state index in [1.807, 2.05) is 11.4 Å². The normalized spacial score (nSPS) is 10.4. The molecule has 26 heavy (non-hydrogen) atoms. The fraction of sp³-hybridized carbons (Fsp3) is 0.118. The molecule has 0 radical (unpaired) electrons. The molecule has 0 fully saturated rings. The number of urea groups is 1. The Kier molecular flexibility index (Phi) is 4.90. The van der Waals surface area contributed by atoms with Crippen molar-refractivity contribution in [1.82, 2.24) is 9.55 Å². The molecule has 0 unspecified atom stereocenters. The zero-order chi connectivity index (χ0) is 18.7. The summed E-state index contributed by atoms with van der Waals surface area (Å²) in [4.78, 5) is 30.1. The lowest BCUT2D eigenvalue weighted by Gasteiger charge is -2.15. The number of amides is 2. The van der Waals surface area contributed by atoms with Crippen molar-refractivity contribution in [2.24, 2.45) is 0 Å². The molecule has 2 amide bonds. The van der Waals surface area contributed by atoms with Gasteiger partial charge in [0.25, 0.3) is 0 Å². The molecule has 9 heteroatoms. The third kappa shape index (κ3) is 3.52. The summed E-state index contributed by atoms with van der Waals surface area (Å²) in [6.07, 6.45) is 0. The van der Waals surface area contributed by atoms with Crippen LogP contribution >= 0.6 is 11.3 Å². The van der Waals surface area contributed by atoms with Gasteiger partial charge in [-0.05, 0) is 29.6 Å². The Morgan fingerprint density at radius 1 is 1.12 bits per heavy atom. The third-order valence-corrected chi connectivity index (χ3v) is 4.25. The summed E-state index contributed by atoms with van der Waals surface area (Å²) in [5, 5.41) is 17.4. The molecule has 3 N–H and O–H groups in total. The number of aromatic nitrogens is 2. The Bertz CT molecular complexity index is 920. The monoisotopic (exact) mass is 371 g/mol. The number of rotatable bonds is 5. The minimum atomic E-state index is -1.19. The van der Waals surface area contributed by atoms with Crippen LogP contribution in [-0.4, -0.2) is 40.8 Å². The molecule has 3 rings (SSSR count). The summed E-state index contributed by atoms with van der Waals surface area (Å²) < 4.78 is 1.49. The zero-order valence-electron chi connectivity index (χ0n) is 14.1. The summed E-state index contributed by atoms with van der Waals surface area (Å²) in [7, 11) is 3.51. The van der Waals surface area contributed by atoms with E-state index in [9.17, 15) is 14.7 Å². The summed E-state index contributed by atoms with van der Waals surface area (Å²) in [6, 6.07) is 12.0. The molecule has 0 aliphatic rings. The smallest absolute Gasteiger partial charge is 0.356 e. The summed E-state index contributed by atoms with van der Waals surface area (Å²) in [6.45, 7) is 0. The van der Waals surface area contributed by atoms with Gasteiger partial charge in [0, 0.05) is 19.8 Å². The van der Waals surface area contributed by atoms with E-state index in [2.05, 4.69) is 15.6 Å². The number of nitrogens with one attached hydrogen (secondary N) is 2. The number of carbonyl (C=O) groups excluding carboxylic acids is 1. The Balaban J connectivity index is 2.02. The van der Waals surface area contributed by atoms with E-state index in [1.165, 1.54) is 15.9 Å². The first-order valence-electron chi connectivity index (χ1n) is 7.67. The van der Waals surface area contributed by atoms with Crippen LogP contribution in [0.2, 0.25) is 0 Å². The lowest BCUT2D eigenvalue weighted by molar-refractivity contribution is 0.0689. The molecule has 0 bridgehead atoms. The SMILES string of the molecule is CN(C)c1nc(NC(=O)Nc2cccs2)c(C(=O)O)n1-c1ccccc1. The molecule has 0 aliphatic carbocycles. The molecule has 0 spiro atoms. The molecule has 0 aliphatic heterocycles. The number of imidazole rings is 1. The van der Waals surface area contributed by atoms with Gasteiger partial charge in [-0.3, -0.25) is 15.2 Å². The highest BCUT2D eigenvalue weighted by Gasteiger charge is 2.26. The van der Waals surface area contributed by atoms with Gasteiger partial charge in [-0.15, -0.1) is 11.3 Å². The van der Waals surface area contributed by atoms with Crippen LogP contribution in [-0.2, 0) is 0 Å². The van der Waals surface area contributed by atoms with E-state index < -0.39 is 12.0 Å². The van der Waals surface area contributed by atoms with Gasteiger partial charge < -0.3 is 10.0 Å². The van der Waals surface area contributed by atoms with Crippen LogP contribution in [0.4, 0.5) is 21.6 Å².